The zero-order chi connectivity index (χ0) is 15.6. The summed E-state index contributed by atoms with van der Waals surface area (Å²) >= 11 is 1.47. The van der Waals surface area contributed by atoms with Crippen LogP contribution >= 0.6 is 11.3 Å². The molecule has 0 saturated heterocycles. The number of furan rings is 1. The molecule has 0 radical (unpaired) electrons. The smallest absolute Gasteiger partial charge is 0.244 e. The molecule has 1 N–H and O–H groups in total. The fourth-order valence-corrected chi connectivity index (χ4v) is 5.09. The molecule has 2 rings (SSSR count). The van der Waals surface area contributed by atoms with Crippen molar-refractivity contribution in [3.63, 3.8) is 0 Å². The van der Waals surface area contributed by atoms with Gasteiger partial charge < -0.3 is 9.73 Å². The number of aryl methyl sites for hydroxylation is 2. The molecule has 2 aromatic heterocycles. The zero-order valence-corrected chi connectivity index (χ0v) is 14.3. The minimum Gasteiger partial charge on any atom is -0.469 e. The summed E-state index contributed by atoms with van der Waals surface area (Å²) in [6.45, 7) is 4.52. The van der Waals surface area contributed by atoms with Gasteiger partial charge in [0.15, 0.2) is 0 Å². The van der Waals surface area contributed by atoms with E-state index in [2.05, 4.69) is 5.32 Å². The SMILES string of the molecule is CNCc1scc(C)c1S(=O)(=O)N(C)Cc1ccoc1C. The highest BCUT2D eigenvalue weighted by Crippen LogP contribution is 2.30. The van der Waals surface area contributed by atoms with Crippen LogP contribution in [0.5, 0.6) is 0 Å². The van der Waals surface area contributed by atoms with Crippen molar-refractivity contribution < 1.29 is 12.8 Å². The first kappa shape index (κ1) is 16.2. The number of hydrogen-bond acceptors (Lipinski definition) is 5. The first-order valence-corrected chi connectivity index (χ1v) is 8.90. The van der Waals surface area contributed by atoms with E-state index in [0.717, 1.165) is 21.8 Å². The number of nitrogens with zero attached hydrogens (tertiary/aromatic N) is 1. The first-order chi connectivity index (χ1) is 9.87. The summed E-state index contributed by atoms with van der Waals surface area (Å²) in [6, 6.07) is 1.80. The average molecular weight is 328 g/mol. The van der Waals surface area contributed by atoms with Crippen LogP contribution in [0.2, 0.25) is 0 Å². The summed E-state index contributed by atoms with van der Waals surface area (Å²) in [5.74, 6) is 0.745. The van der Waals surface area contributed by atoms with Crippen molar-refractivity contribution in [2.75, 3.05) is 14.1 Å². The van der Waals surface area contributed by atoms with Crippen LogP contribution < -0.4 is 5.32 Å². The van der Waals surface area contributed by atoms with Gasteiger partial charge in [-0.2, -0.15) is 4.31 Å². The Morgan fingerprint density at radius 1 is 1.38 bits per heavy atom. The van der Waals surface area contributed by atoms with Crippen LogP contribution in [0.3, 0.4) is 0 Å². The second-order valence-corrected chi connectivity index (χ2v) is 7.91. The molecular weight excluding hydrogens is 308 g/mol. The summed E-state index contributed by atoms with van der Waals surface area (Å²) in [7, 11) is -0.101. The van der Waals surface area contributed by atoms with Crippen LogP contribution in [-0.4, -0.2) is 26.8 Å². The van der Waals surface area contributed by atoms with Gasteiger partial charge >= 0.3 is 0 Å². The van der Waals surface area contributed by atoms with Gasteiger partial charge in [0.2, 0.25) is 10.0 Å². The molecule has 0 bridgehead atoms. The van der Waals surface area contributed by atoms with E-state index in [1.54, 1.807) is 19.4 Å². The number of nitrogens with one attached hydrogen (secondary N) is 1. The lowest BCUT2D eigenvalue weighted by Gasteiger charge is -2.18. The van der Waals surface area contributed by atoms with E-state index in [1.807, 2.05) is 26.3 Å². The monoisotopic (exact) mass is 328 g/mol. The predicted molar refractivity (Wildman–Crippen MR) is 83.9 cm³/mol. The standard InChI is InChI=1S/C14H20N2O3S2/c1-10-9-20-13(7-15-3)14(10)21(17,18)16(4)8-12-5-6-19-11(12)2/h5-6,9,15H,7-8H2,1-4H3. The van der Waals surface area contributed by atoms with Gasteiger partial charge in [0, 0.05) is 30.6 Å². The fourth-order valence-electron chi connectivity index (χ4n) is 2.17. The van der Waals surface area contributed by atoms with E-state index in [4.69, 9.17) is 4.42 Å². The van der Waals surface area contributed by atoms with Gasteiger partial charge in [-0.05, 0) is 37.9 Å². The topological polar surface area (TPSA) is 62.6 Å². The van der Waals surface area contributed by atoms with Gasteiger partial charge in [-0.1, -0.05) is 0 Å². The van der Waals surface area contributed by atoms with Crippen LogP contribution in [0.15, 0.2) is 27.0 Å². The Morgan fingerprint density at radius 3 is 2.67 bits per heavy atom. The van der Waals surface area contributed by atoms with E-state index in [1.165, 1.54) is 15.6 Å². The molecular formula is C14H20N2O3S2. The Hall–Kier alpha value is -1.15. The van der Waals surface area contributed by atoms with Gasteiger partial charge in [0.1, 0.15) is 10.7 Å². The maximum Gasteiger partial charge on any atom is 0.244 e. The normalized spacial score (nSPS) is 12.2. The highest BCUT2D eigenvalue weighted by molar-refractivity contribution is 7.89. The quantitative estimate of drug-likeness (QED) is 0.885. The number of hydrogen-bond donors (Lipinski definition) is 1. The van der Waals surface area contributed by atoms with E-state index in [9.17, 15) is 8.42 Å². The van der Waals surface area contributed by atoms with E-state index in [0.29, 0.717) is 18.0 Å². The third-order valence-electron chi connectivity index (χ3n) is 3.35. The second kappa shape index (κ2) is 6.31. The lowest BCUT2D eigenvalue weighted by molar-refractivity contribution is 0.458. The van der Waals surface area contributed by atoms with Crippen molar-refractivity contribution in [3.8, 4) is 0 Å². The van der Waals surface area contributed by atoms with Crippen molar-refractivity contribution in [2.45, 2.75) is 31.8 Å². The molecule has 2 heterocycles. The van der Waals surface area contributed by atoms with Crippen LogP contribution in [0, 0.1) is 13.8 Å². The molecule has 0 amide bonds. The molecule has 5 nitrogen and oxygen atoms in total. The Bertz CT molecular complexity index is 716. The molecule has 0 atom stereocenters. The minimum absolute atomic E-state index is 0.305. The minimum atomic E-state index is -3.51. The highest BCUT2D eigenvalue weighted by atomic mass is 32.2. The molecule has 0 aliphatic carbocycles. The summed E-state index contributed by atoms with van der Waals surface area (Å²) in [5, 5.41) is 4.90. The molecule has 7 heteroatoms. The Balaban J connectivity index is 2.33. The van der Waals surface area contributed by atoms with Crippen LogP contribution in [0.1, 0.15) is 21.8 Å². The lowest BCUT2D eigenvalue weighted by atomic mass is 10.3. The molecule has 0 aliphatic heterocycles. The number of thiophene rings is 1. The van der Waals surface area contributed by atoms with Crippen molar-refractivity contribution in [3.05, 3.63) is 39.5 Å². The highest BCUT2D eigenvalue weighted by Gasteiger charge is 2.27. The molecule has 0 aromatic carbocycles. The van der Waals surface area contributed by atoms with Gasteiger partial charge in [-0.25, -0.2) is 8.42 Å². The Kier molecular flexibility index (Phi) is 4.88. The van der Waals surface area contributed by atoms with Crippen LogP contribution in [-0.2, 0) is 23.1 Å². The predicted octanol–water partition coefficient (Wildman–Crippen LogP) is 2.50. The maximum atomic E-state index is 12.8. The summed E-state index contributed by atoms with van der Waals surface area (Å²) < 4.78 is 32.2. The summed E-state index contributed by atoms with van der Waals surface area (Å²) in [6.07, 6.45) is 1.58. The molecule has 0 aliphatic rings. The Labute approximate surface area is 129 Å². The van der Waals surface area contributed by atoms with Gasteiger partial charge in [-0.15, -0.1) is 11.3 Å². The molecule has 0 unspecified atom stereocenters. The lowest BCUT2D eigenvalue weighted by Crippen LogP contribution is -2.28. The van der Waals surface area contributed by atoms with Crippen LogP contribution in [0.4, 0.5) is 0 Å². The average Bonchev–Trinajstić information content (AvgIpc) is 2.97. The van der Waals surface area contributed by atoms with Gasteiger partial charge in [0.05, 0.1) is 6.26 Å². The fraction of sp³-hybridized carbons (Fsp3) is 0.429. The molecule has 116 valence electrons. The molecule has 2 aromatic rings. The van der Waals surface area contributed by atoms with E-state index >= 15 is 0 Å². The molecule has 0 fully saturated rings. The van der Waals surface area contributed by atoms with Crippen molar-refractivity contribution in [2.24, 2.45) is 0 Å². The van der Waals surface area contributed by atoms with Crippen LogP contribution in [0.25, 0.3) is 0 Å². The zero-order valence-electron chi connectivity index (χ0n) is 12.6. The molecule has 0 spiro atoms. The third kappa shape index (κ3) is 3.21. The first-order valence-electron chi connectivity index (χ1n) is 6.58. The van der Waals surface area contributed by atoms with Gasteiger partial charge in [0.25, 0.3) is 0 Å². The van der Waals surface area contributed by atoms with Crippen molar-refractivity contribution in [1.82, 2.24) is 9.62 Å². The van der Waals surface area contributed by atoms with Crippen molar-refractivity contribution >= 4 is 21.4 Å². The van der Waals surface area contributed by atoms with E-state index < -0.39 is 10.0 Å². The third-order valence-corrected chi connectivity index (χ3v) is 6.62. The Morgan fingerprint density at radius 2 is 2.10 bits per heavy atom. The maximum absolute atomic E-state index is 12.8. The summed E-state index contributed by atoms with van der Waals surface area (Å²) in [5.41, 5.74) is 1.67. The number of sulfonamides is 1. The van der Waals surface area contributed by atoms with Gasteiger partial charge in [-0.3, -0.25) is 0 Å². The second-order valence-electron chi connectivity index (χ2n) is 4.96. The number of rotatable bonds is 6. The summed E-state index contributed by atoms with van der Waals surface area (Å²) in [4.78, 5) is 1.26. The molecule has 21 heavy (non-hydrogen) atoms. The molecule has 0 saturated carbocycles. The largest absolute Gasteiger partial charge is 0.469 e. The van der Waals surface area contributed by atoms with Crippen molar-refractivity contribution in [1.29, 1.82) is 0 Å². The van der Waals surface area contributed by atoms with E-state index in [-0.39, 0.29) is 0 Å².